The second-order valence-electron chi connectivity index (χ2n) is 6.93. The molecule has 0 aliphatic heterocycles. The van der Waals surface area contributed by atoms with Gasteiger partial charge in [-0.15, -0.1) is 0 Å². The number of amides is 1. The van der Waals surface area contributed by atoms with Crippen molar-refractivity contribution in [3.05, 3.63) is 66.2 Å². The summed E-state index contributed by atoms with van der Waals surface area (Å²) < 4.78 is 15.8. The Balaban J connectivity index is 1.51. The van der Waals surface area contributed by atoms with E-state index in [1.165, 1.54) is 6.07 Å². The number of aromatic nitrogens is 3. The molecule has 4 rings (SSSR count). The minimum atomic E-state index is -0.788. The van der Waals surface area contributed by atoms with Gasteiger partial charge in [-0.2, -0.15) is 5.10 Å². The van der Waals surface area contributed by atoms with E-state index >= 15 is 0 Å². The van der Waals surface area contributed by atoms with Gasteiger partial charge in [0.25, 0.3) is 0 Å². The van der Waals surface area contributed by atoms with Crippen LogP contribution < -0.4 is 10.2 Å². The third kappa shape index (κ3) is 3.16. The first kappa shape index (κ1) is 17.2. The summed E-state index contributed by atoms with van der Waals surface area (Å²) in [6.07, 6.45) is 4.74. The number of hydrogen-bond donors (Lipinski definition) is 1. The van der Waals surface area contributed by atoms with Crippen molar-refractivity contribution in [1.82, 2.24) is 14.8 Å². The fourth-order valence-electron chi connectivity index (χ4n) is 3.14. The largest absolute Gasteiger partial charge is 0.363 e. The summed E-state index contributed by atoms with van der Waals surface area (Å²) >= 11 is 0. The van der Waals surface area contributed by atoms with Gasteiger partial charge in [0.15, 0.2) is 5.82 Å². The molecule has 6 nitrogen and oxygen atoms in total. The molecule has 0 spiro atoms. The molecule has 2 heterocycles. The van der Waals surface area contributed by atoms with Crippen LogP contribution >= 0.6 is 0 Å². The van der Waals surface area contributed by atoms with Crippen LogP contribution in [-0.2, 0) is 10.2 Å². The molecule has 1 saturated carbocycles. The van der Waals surface area contributed by atoms with E-state index in [-0.39, 0.29) is 11.7 Å². The SMILES string of the molecule is CN(C)c1ccc(-n2ccc(NC(=O)C3(c4ccccc4F)CC3)n2)cn1. The Morgan fingerprint density at radius 1 is 1.19 bits per heavy atom. The Morgan fingerprint density at radius 3 is 2.59 bits per heavy atom. The molecule has 27 heavy (non-hydrogen) atoms. The minimum Gasteiger partial charge on any atom is -0.363 e. The van der Waals surface area contributed by atoms with Crippen molar-refractivity contribution in [2.24, 2.45) is 0 Å². The molecule has 138 valence electrons. The lowest BCUT2D eigenvalue weighted by atomic mass is 9.94. The summed E-state index contributed by atoms with van der Waals surface area (Å²) in [6, 6.07) is 12.0. The van der Waals surface area contributed by atoms with E-state index in [0.717, 1.165) is 11.5 Å². The first-order valence-electron chi connectivity index (χ1n) is 8.75. The number of nitrogens with zero attached hydrogens (tertiary/aromatic N) is 4. The number of benzene rings is 1. The molecular formula is C20H20FN5O. The molecule has 0 radical (unpaired) electrons. The van der Waals surface area contributed by atoms with Crippen molar-refractivity contribution < 1.29 is 9.18 Å². The summed E-state index contributed by atoms with van der Waals surface area (Å²) in [4.78, 5) is 19.0. The standard InChI is InChI=1S/C20H20FN5O/c1-25(2)18-8-7-14(13-22-18)26-12-9-17(24-26)23-19(27)20(10-11-20)15-5-3-4-6-16(15)21/h3-9,12-13H,10-11H2,1-2H3,(H,23,24,27). The number of halogens is 1. The highest BCUT2D eigenvalue weighted by Crippen LogP contribution is 2.49. The number of hydrogen-bond acceptors (Lipinski definition) is 4. The van der Waals surface area contributed by atoms with E-state index in [4.69, 9.17) is 0 Å². The van der Waals surface area contributed by atoms with Gasteiger partial charge in [0.1, 0.15) is 11.6 Å². The van der Waals surface area contributed by atoms with E-state index in [1.54, 1.807) is 41.3 Å². The van der Waals surface area contributed by atoms with Gasteiger partial charge in [-0.1, -0.05) is 18.2 Å². The van der Waals surface area contributed by atoms with Crippen LogP contribution in [0.4, 0.5) is 16.0 Å². The molecule has 2 aromatic heterocycles. The van der Waals surface area contributed by atoms with E-state index in [1.807, 2.05) is 31.1 Å². The van der Waals surface area contributed by atoms with Crippen molar-refractivity contribution in [3.63, 3.8) is 0 Å². The van der Waals surface area contributed by atoms with Crippen molar-refractivity contribution in [3.8, 4) is 5.69 Å². The zero-order valence-corrected chi connectivity index (χ0v) is 15.2. The molecule has 0 unspecified atom stereocenters. The van der Waals surface area contributed by atoms with Gasteiger partial charge in [0, 0.05) is 31.9 Å². The van der Waals surface area contributed by atoms with Gasteiger partial charge in [0.05, 0.1) is 17.3 Å². The van der Waals surface area contributed by atoms with Crippen molar-refractivity contribution >= 4 is 17.5 Å². The minimum absolute atomic E-state index is 0.223. The fourth-order valence-corrected chi connectivity index (χ4v) is 3.14. The van der Waals surface area contributed by atoms with Crippen LogP contribution in [-0.4, -0.2) is 34.8 Å². The molecule has 7 heteroatoms. The predicted octanol–water partition coefficient (Wildman–Crippen LogP) is 3.14. The number of rotatable bonds is 5. The zero-order chi connectivity index (χ0) is 19.0. The predicted molar refractivity (Wildman–Crippen MR) is 102 cm³/mol. The molecule has 3 aromatic rings. The number of nitrogens with one attached hydrogen (secondary N) is 1. The second-order valence-corrected chi connectivity index (χ2v) is 6.93. The molecule has 0 atom stereocenters. The van der Waals surface area contributed by atoms with Crippen molar-refractivity contribution in [2.45, 2.75) is 18.3 Å². The van der Waals surface area contributed by atoms with Gasteiger partial charge >= 0.3 is 0 Å². The highest BCUT2D eigenvalue weighted by Gasteiger charge is 2.52. The number of pyridine rings is 1. The summed E-state index contributed by atoms with van der Waals surface area (Å²) in [5.41, 5.74) is 0.450. The maximum absolute atomic E-state index is 14.1. The smallest absolute Gasteiger partial charge is 0.236 e. The Morgan fingerprint density at radius 2 is 1.96 bits per heavy atom. The normalized spacial score (nSPS) is 14.6. The Hall–Kier alpha value is -3.22. The molecule has 1 fully saturated rings. The Labute approximate surface area is 156 Å². The fraction of sp³-hybridized carbons (Fsp3) is 0.250. The molecule has 1 amide bonds. The van der Waals surface area contributed by atoms with Gasteiger partial charge in [0.2, 0.25) is 5.91 Å². The van der Waals surface area contributed by atoms with Crippen molar-refractivity contribution in [2.75, 3.05) is 24.3 Å². The van der Waals surface area contributed by atoms with E-state index in [9.17, 15) is 9.18 Å². The third-order valence-corrected chi connectivity index (χ3v) is 4.86. The van der Waals surface area contributed by atoms with Crippen LogP contribution in [0.15, 0.2) is 54.9 Å². The van der Waals surface area contributed by atoms with Gasteiger partial charge in [-0.25, -0.2) is 14.1 Å². The first-order valence-corrected chi connectivity index (χ1v) is 8.75. The molecule has 0 saturated heterocycles. The maximum atomic E-state index is 14.1. The summed E-state index contributed by atoms with van der Waals surface area (Å²) in [5, 5.41) is 7.21. The molecule has 1 N–H and O–H groups in total. The van der Waals surface area contributed by atoms with Crippen LogP contribution in [0.5, 0.6) is 0 Å². The van der Waals surface area contributed by atoms with Crippen LogP contribution in [0.25, 0.3) is 5.69 Å². The number of carbonyl (C=O) groups is 1. The average Bonchev–Trinajstić information content (AvgIpc) is 3.35. The lowest BCUT2D eigenvalue weighted by molar-refractivity contribution is -0.118. The molecule has 0 bridgehead atoms. The zero-order valence-electron chi connectivity index (χ0n) is 15.2. The molecule has 1 aliphatic rings. The third-order valence-electron chi connectivity index (χ3n) is 4.86. The van der Waals surface area contributed by atoms with Gasteiger partial charge in [-0.3, -0.25) is 4.79 Å². The summed E-state index contributed by atoms with van der Waals surface area (Å²) in [6.45, 7) is 0. The highest BCUT2D eigenvalue weighted by atomic mass is 19.1. The summed E-state index contributed by atoms with van der Waals surface area (Å²) in [7, 11) is 3.85. The Bertz CT molecular complexity index is 976. The highest BCUT2D eigenvalue weighted by molar-refractivity contribution is 6.00. The van der Waals surface area contributed by atoms with Gasteiger partial charge in [-0.05, 0) is 31.0 Å². The molecular weight excluding hydrogens is 345 g/mol. The van der Waals surface area contributed by atoms with E-state index in [0.29, 0.717) is 24.2 Å². The second kappa shape index (κ2) is 6.50. The van der Waals surface area contributed by atoms with Crippen molar-refractivity contribution in [1.29, 1.82) is 0 Å². The lowest BCUT2D eigenvalue weighted by Gasteiger charge is -2.15. The van der Waals surface area contributed by atoms with E-state index in [2.05, 4.69) is 15.4 Å². The van der Waals surface area contributed by atoms with Crippen LogP contribution in [0, 0.1) is 5.82 Å². The van der Waals surface area contributed by atoms with E-state index < -0.39 is 5.41 Å². The lowest BCUT2D eigenvalue weighted by Crippen LogP contribution is -2.29. The summed E-state index contributed by atoms with van der Waals surface area (Å²) in [5.74, 6) is 0.709. The topological polar surface area (TPSA) is 63.0 Å². The number of carbonyl (C=O) groups excluding carboxylic acids is 1. The molecule has 1 aromatic carbocycles. The van der Waals surface area contributed by atoms with Crippen LogP contribution in [0.1, 0.15) is 18.4 Å². The Kier molecular flexibility index (Phi) is 4.14. The average molecular weight is 365 g/mol. The molecule has 1 aliphatic carbocycles. The van der Waals surface area contributed by atoms with Crippen LogP contribution in [0.2, 0.25) is 0 Å². The van der Waals surface area contributed by atoms with Gasteiger partial charge < -0.3 is 10.2 Å². The quantitative estimate of drug-likeness (QED) is 0.754. The monoisotopic (exact) mass is 365 g/mol. The number of anilines is 2. The van der Waals surface area contributed by atoms with Crippen LogP contribution in [0.3, 0.4) is 0 Å². The maximum Gasteiger partial charge on any atom is 0.236 e. The first-order chi connectivity index (χ1) is 13.0.